The molecule has 0 atom stereocenters. The first kappa shape index (κ1) is 9.58. The van der Waals surface area contributed by atoms with Gasteiger partial charge in [-0.1, -0.05) is 13.0 Å². The molecule has 1 nitrogen and oxygen atoms in total. The van der Waals surface area contributed by atoms with Gasteiger partial charge >= 0.3 is 0 Å². The first-order valence-corrected chi connectivity index (χ1v) is 2.78. The maximum atomic E-state index is 10.0. The van der Waals surface area contributed by atoms with Crippen molar-refractivity contribution < 1.29 is 25.9 Å². The third kappa shape index (κ3) is 2.45. The number of carbonyl (C=O) groups excluding carboxylic acids is 1. The van der Waals surface area contributed by atoms with E-state index < -0.39 is 0 Å². The Bertz CT molecular complexity index is 220. The van der Waals surface area contributed by atoms with Gasteiger partial charge in [0.25, 0.3) is 0 Å². The minimum absolute atomic E-state index is 0. The molecule has 1 aromatic rings. The molecule has 1 rings (SSSR count). The molecule has 0 fully saturated rings. The van der Waals surface area contributed by atoms with E-state index in [9.17, 15) is 4.79 Å². The number of hydrogen-bond donors (Lipinski definition) is 0. The van der Waals surface area contributed by atoms with Crippen LogP contribution in [0.2, 0.25) is 0 Å². The third-order valence-corrected chi connectivity index (χ3v) is 1.14. The molecule has 0 aliphatic heterocycles. The van der Waals surface area contributed by atoms with E-state index in [2.05, 4.69) is 0 Å². The van der Waals surface area contributed by atoms with Crippen LogP contribution in [-0.2, 0) is 25.9 Å². The summed E-state index contributed by atoms with van der Waals surface area (Å²) in [5.74, 6) is 0. The summed E-state index contributed by atoms with van der Waals surface area (Å²) in [6.45, 7) is 1.95. The van der Waals surface area contributed by atoms with E-state index in [0.717, 1.165) is 5.56 Å². The number of aryl methyl sites for hydroxylation is 1. The van der Waals surface area contributed by atoms with Gasteiger partial charge in [0.2, 0.25) is 0 Å². The molecule has 0 saturated heterocycles. The fourth-order valence-corrected chi connectivity index (χ4v) is 0.709. The Kier molecular flexibility index (Phi) is 4.22. The van der Waals surface area contributed by atoms with Crippen molar-refractivity contribution in [3.05, 3.63) is 35.4 Å². The second-order valence-corrected chi connectivity index (χ2v) is 1.97. The Morgan fingerprint density at radius 1 is 1.40 bits per heavy atom. The van der Waals surface area contributed by atoms with Gasteiger partial charge in [-0.15, -0.1) is 11.6 Å². The summed E-state index contributed by atoms with van der Waals surface area (Å²) in [5, 5.41) is 0. The van der Waals surface area contributed by atoms with Crippen molar-refractivity contribution in [1.82, 2.24) is 0 Å². The molecule has 0 aliphatic carbocycles. The molecule has 0 heterocycles. The van der Waals surface area contributed by atoms with Crippen molar-refractivity contribution in [1.29, 1.82) is 0 Å². The van der Waals surface area contributed by atoms with Crippen LogP contribution in [0.15, 0.2) is 24.3 Å². The van der Waals surface area contributed by atoms with Crippen LogP contribution in [0.25, 0.3) is 0 Å². The Balaban J connectivity index is 0.000000810. The van der Waals surface area contributed by atoms with Crippen molar-refractivity contribution in [3.63, 3.8) is 0 Å². The molecule has 0 N–H and O–H groups in total. The topological polar surface area (TPSA) is 17.1 Å². The molecular weight excluding hydrogens is 296 g/mol. The predicted octanol–water partition coefficient (Wildman–Crippen LogP) is 1.45. The number of hydrogen-bond acceptors (Lipinski definition) is 1. The van der Waals surface area contributed by atoms with Crippen LogP contribution in [-0.4, -0.2) is 6.29 Å². The van der Waals surface area contributed by atoms with Crippen LogP contribution >= 0.6 is 0 Å². The van der Waals surface area contributed by atoms with Crippen molar-refractivity contribution in [2.75, 3.05) is 0 Å². The minimum Gasteiger partial charge on any atom is -0.376 e. The molecule has 0 radical (unpaired) electrons. The van der Waals surface area contributed by atoms with Crippen LogP contribution in [0.1, 0.15) is 11.1 Å². The normalized spacial score (nSPS) is 8.10. The van der Waals surface area contributed by atoms with E-state index in [1.165, 1.54) is 0 Å². The Morgan fingerprint density at radius 2 is 2.10 bits per heavy atom. The molecule has 52 valence electrons. The Labute approximate surface area is 74.7 Å². The zero-order valence-corrected chi connectivity index (χ0v) is 8.56. The van der Waals surface area contributed by atoms with E-state index in [0.29, 0.717) is 5.56 Å². The zero-order chi connectivity index (χ0) is 6.69. The summed E-state index contributed by atoms with van der Waals surface area (Å²) in [4.78, 5) is 10.0. The first-order chi connectivity index (χ1) is 4.33. The van der Waals surface area contributed by atoms with Crippen molar-refractivity contribution in [2.24, 2.45) is 0 Å². The van der Waals surface area contributed by atoms with E-state index in [1.54, 1.807) is 12.1 Å². The molecular formula is C8H7OW-. The minimum atomic E-state index is 0. The van der Waals surface area contributed by atoms with Gasteiger partial charge in [0, 0.05) is 21.1 Å². The van der Waals surface area contributed by atoms with Crippen LogP contribution in [0, 0.1) is 6.92 Å². The summed E-state index contributed by atoms with van der Waals surface area (Å²) in [5.41, 5.74) is 1.71. The summed E-state index contributed by atoms with van der Waals surface area (Å²) in [7, 11) is 0. The van der Waals surface area contributed by atoms with E-state index in [1.807, 2.05) is 25.3 Å². The molecule has 2 heteroatoms. The van der Waals surface area contributed by atoms with E-state index >= 15 is 0 Å². The van der Waals surface area contributed by atoms with Gasteiger partial charge in [0.1, 0.15) is 0 Å². The average Bonchev–Trinajstić information content (AvgIpc) is 1.88. The van der Waals surface area contributed by atoms with E-state index in [4.69, 9.17) is 0 Å². The largest absolute Gasteiger partial charge is 0.376 e. The molecule has 1 aromatic carbocycles. The predicted molar refractivity (Wildman–Crippen MR) is 36.0 cm³/mol. The van der Waals surface area contributed by atoms with Crippen molar-refractivity contribution in [3.8, 4) is 0 Å². The van der Waals surface area contributed by atoms with Crippen LogP contribution in [0.3, 0.4) is 0 Å². The number of rotatable bonds is 1. The Hall–Kier alpha value is -0.422. The van der Waals surface area contributed by atoms with Crippen LogP contribution in [0.5, 0.6) is 0 Å². The maximum Gasteiger partial charge on any atom is 0.0627 e. The van der Waals surface area contributed by atoms with Crippen molar-refractivity contribution in [2.45, 2.75) is 6.92 Å². The van der Waals surface area contributed by atoms with Crippen LogP contribution in [0.4, 0.5) is 0 Å². The monoisotopic (exact) mass is 303 g/mol. The van der Waals surface area contributed by atoms with Gasteiger partial charge in [-0.3, -0.25) is 0 Å². The quantitative estimate of drug-likeness (QED) is 0.718. The molecule has 0 aliphatic rings. The SMILES string of the molecule is Cc1cccc([C-]=O)c1.[W]. The summed E-state index contributed by atoms with van der Waals surface area (Å²) >= 11 is 0. The average molecular weight is 303 g/mol. The standard InChI is InChI=1S/C8H7O.W/c1-7-3-2-4-8(5-7)6-9;/h2-5H,1H3;/q-1;. The fourth-order valence-electron chi connectivity index (χ4n) is 0.709. The first-order valence-electron chi connectivity index (χ1n) is 2.78. The molecule has 0 bridgehead atoms. The molecule has 0 unspecified atom stereocenters. The molecule has 10 heavy (non-hydrogen) atoms. The van der Waals surface area contributed by atoms with E-state index in [-0.39, 0.29) is 21.1 Å². The molecule has 0 aromatic heterocycles. The molecule has 0 saturated carbocycles. The molecule has 0 amide bonds. The second-order valence-electron chi connectivity index (χ2n) is 1.97. The third-order valence-electron chi connectivity index (χ3n) is 1.14. The second kappa shape index (κ2) is 4.40. The fraction of sp³-hybridized carbons (Fsp3) is 0.125. The van der Waals surface area contributed by atoms with Gasteiger partial charge < -0.3 is 4.79 Å². The van der Waals surface area contributed by atoms with Gasteiger partial charge in [0.15, 0.2) is 0 Å². The zero-order valence-electron chi connectivity index (χ0n) is 5.63. The Morgan fingerprint density at radius 3 is 2.50 bits per heavy atom. The smallest absolute Gasteiger partial charge is 0.0627 e. The van der Waals surface area contributed by atoms with Gasteiger partial charge in [-0.2, -0.15) is 17.7 Å². The molecule has 0 spiro atoms. The van der Waals surface area contributed by atoms with Gasteiger partial charge in [-0.05, 0) is 0 Å². The maximum absolute atomic E-state index is 10.0. The van der Waals surface area contributed by atoms with Gasteiger partial charge in [0.05, 0.1) is 6.29 Å². The van der Waals surface area contributed by atoms with Gasteiger partial charge in [-0.25, -0.2) is 0 Å². The summed E-state index contributed by atoms with van der Waals surface area (Å²) in [6, 6.07) is 7.32. The summed E-state index contributed by atoms with van der Waals surface area (Å²) < 4.78 is 0. The van der Waals surface area contributed by atoms with Crippen molar-refractivity contribution >= 4 is 6.29 Å². The number of benzene rings is 1. The van der Waals surface area contributed by atoms with Crippen LogP contribution < -0.4 is 0 Å². The summed E-state index contributed by atoms with van der Waals surface area (Å²) in [6.07, 6.45) is 1.82.